The SMILES string of the molecule is CN1C[C@@H]2CNC(=O)c3cc(N4CCCCC4)ccc3[C@H]2C1. The van der Waals surface area contributed by atoms with E-state index < -0.39 is 0 Å². The third kappa shape index (κ3) is 2.39. The van der Waals surface area contributed by atoms with Gasteiger partial charge in [0.2, 0.25) is 0 Å². The molecule has 4 rings (SSSR count). The number of carbonyl (C=O) groups is 1. The fourth-order valence-electron chi connectivity index (χ4n) is 4.38. The Morgan fingerprint density at radius 2 is 1.95 bits per heavy atom. The number of fused-ring (bicyclic) bond motifs is 3. The lowest BCUT2D eigenvalue weighted by Crippen LogP contribution is -2.30. The minimum Gasteiger partial charge on any atom is -0.372 e. The zero-order valence-corrected chi connectivity index (χ0v) is 13.3. The first-order chi connectivity index (χ1) is 10.7. The molecule has 1 aromatic carbocycles. The molecule has 2 atom stereocenters. The summed E-state index contributed by atoms with van der Waals surface area (Å²) in [5.41, 5.74) is 3.38. The number of rotatable bonds is 1. The van der Waals surface area contributed by atoms with Gasteiger partial charge in [-0.05, 0) is 49.9 Å². The van der Waals surface area contributed by atoms with Crippen molar-refractivity contribution in [3.05, 3.63) is 29.3 Å². The maximum Gasteiger partial charge on any atom is 0.251 e. The monoisotopic (exact) mass is 299 g/mol. The molecule has 0 saturated carbocycles. The smallest absolute Gasteiger partial charge is 0.251 e. The number of amides is 1. The molecule has 1 aromatic rings. The van der Waals surface area contributed by atoms with Gasteiger partial charge in [0.1, 0.15) is 0 Å². The predicted molar refractivity (Wildman–Crippen MR) is 88.6 cm³/mol. The molecule has 3 aliphatic heterocycles. The molecule has 3 heterocycles. The van der Waals surface area contributed by atoms with Crippen LogP contribution in [0.4, 0.5) is 5.69 Å². The Balaban J connectivity index is 1.70. The molecule has 1 N–H and O–H groups in total. The van der Waals surface area contributed by atoms with E-state index in [0.29, 0.717) is 11.8 Å². The van der Waals surface area contributed by atoms with E-state index >= 15 is 0 Å². The van der Waals surface area contributed by atoms with E-state index in [2.05, 4.69) is 40.4 Å². The van der Waals surface area contributed by atoms with Crippen LogP contribution in [0.5, 0.6) is 0 Å². The fourth-order valence-corrected chi connectivity index (χ4v) is 4.38. The second-order valence-electron chi connectivity index (χ2n) is 7.12. The summed E-state index contributed by atoms with van der Waals surface area (Å²) in [6.45, 7) is 5.19. The first-order valence-corrected chi connectivity index (χ1v) is 8.58. The molecule has 1 amide bonds. The van der Waals surface area contributed by atoms with Gasteiger partial charge in [0, 0.05) is 49.9 Å². The van der Waals surface area contributed by atoms with Gasteiger partial charge in [0.15, 0.2) is 0 Å². The number of hydrogen-bond donors (Lipinski definition) is 1. The number of benzene rings is 1. The van der Waals surface area contributed by atoms with Crippen molar-refractivity contribution in [2.45, 2.75) is 25.2 Å². The third-order valence-electron chi connectivity index (χ3n) is 5.55. The number of carbonyl (C=O) groups excluding carboxylic acids is 1. The van der Waals surface area contributed by atoms with Crippen LogP contribution in [-0.2, 0) is 0 Å². The molecule has 0 aromatic heterocycles. The molecular formula is C18H25N3O. The van der Waals surface area contributed by atoms with Gasteiger partial charge < -0.3 is 15.1 Å². The molecule has 22 heavy (non-hydrogen) atoms. The number of likely N-dealkylation sites (N-methyl/N-ethyl adjacent to an activating group) is 1. The highest BCUT2D eigenvalue weighted by Gasteiger charge is 2.36. The molecular weight excluding hydrogens is 274 g/mol. The average molecular weight is 299 g/mol. The van der Waals surface area contributed by atoms with Crippen LogP contribution in [-0.4, -0.2) is 50.6 Å². The third-order valence-corrected chi connectivity index (χ3v) is 5.55. The maximum atomic E-state index is 12.5. The summed E-state index contributed by atoms with van der Waals surface area (Å²) in [6.07, 6.45) is 3.86. The Kier molecular flexibility index (Phi) is 3.57. The largest absolute Gasteiger partial charge is 0.372 e. The van der Waals surface area contributed by atoms with Crippen molar-refractivity contribution in [2.24, 2.45) is 5.92 Å². The lowest BCUT2D eigenvalue weighted by Gasteiger charge is -2.29. The molecule has 2 fully saturated rings. The Morgan fingerprint density at radius 1 is 1.14 bits per heavy atom. The van der Waals surface area contributed by atoms with Crippen LogP contribution in [0.15, 0.2) is 18.2 Å². The van der Waals surface area contributed by atoms with Crippen LogP contribution >= 0.6 is 0 Å². The van der Waals surface area contributed by atoms with Gasteiger partial charge >= 0.3 is 0 Å². The molecule has 118 valence electrons. The van der Waals surface area contributed by atoms with Crippen molar-refractivity contribution < 1.29 is 4.79 Å². The van der Waals surface area contributed by atoms with E-state index in [4.69, 9.17) is 0 Å². The zero-order valence-electron chi connectivity index (χ0n) is 13.3. The van der Waals surface area contributed by atoms with E-state index in [9.17, 15) is 4.79 Å². The Morgan fingerprint density at radius 3 is 2.77 bits per heavy atom. The summed E-state index contributed by atoms with van der Waals surface area (Å²) in [5, 5.41) is 3.14. The highest BCUT2D eigenvalue weighted by atomic mass is 16.1. The quantitative estimate of drug-likeness (QED) is 0.862. The van der Waals surface area contributed by atoms with Crippen molar-refractivity contribution >= 4 is 11.6 Å². The minimum absolute atomic E-state index is 0.117. The zero-order chi connectivity index (χ0) is 15.1. The molecule has 0 radical (unpaired) electrons. The first-order valence-electron chi connectivity index (χ1n) is 8.58. The topological polar surface area (TPSA) is 35.6 Å². The molecule has 0 aliphatic carbocycles. The van der Waals surface area contributed by atoms with Crippen LogP contribution in [0.3, 0.4) is 0 Å². The predicted octanol–water partition coefficient (Wildman–Crippen LogP) is 2.07. The molecule has 0 bridgehead atoms. The highest BCUT2D eigenvalue weighted by molar-refractivity contribution is 5.97. The van der Waals surface area contributed by atoms with Gasteiger partial charge in [-0.15, -0.1) is 0 Å². The highest BCUT2D eigenvalue weighted by Crippen LogP contribution is 2.37. The van der Waals surface area contributed by atoms with Gasteiger partial charge in [-0.1, -0.05) is 6.07 Å². The van der Waals surface area contributed by atoms with Gasteiger partial charge in [0.05, 0.1) is 0 Å². The standard InChI is InChI=1S/C18H25N3O/c1-20-11-13-10-19-18(22)16-9-14(21-7-3-2-4-8-21)5-6-15(16)17(13)12-20/h5-6,9,13,17H,2-4,7-8,10-12H2,1H3,(H,19,22)/t13-,17-/m0/s1. The minimum atomic E-state index is 0.117. The van der Waals surface area contributed by atoms with Crippen molar-refractivity contribution in [3.63, 3.8) is 0 Å². The number of anilines is 1. The van der Waals surface area contributed by atoms with E-state index in [1.54, 1.807) is 0 Å². The summed E-state index contributed by atoms with van der Waals surface area (Å²) in [6, 6.07) is 6.59. The molecule has 0 spiro atoms. The number of likely N-dealkylation sites (tertiary alicyclic amines) is 1. The first kappa shape index (κ1) is 14.1. The van der Waals surface area contributed by atoms with Crippen molar-refractivity contribution in [3.8, 4) is 0 Å². The van der Waals surface area contributed by atoms with Gasteiger partial charge in [0.25, 0.3) is 5.91 Å². The van der Waals surface area contributed by atoms with E-state index in [1.807, 2.05) is 0 Å². The Labute approximate surface area is 132 Å². The van der Waals surface area contributed by atoms with Crippen LogP contribution in [0.2, 0.25) is 0 Å². The summed E-state index contributed by atoms with van der Waals surface area (Å²) >= 11 is 0. The average Bonchev–Trinajstić information content (AvgIpc) is 2.88. The second-order valence-corrected chi connectivity index (χ2v) is 7.12. The lowest BCUT2D eigenvalue weighted by atomic mass is 9.87. The molecule has 0 unspecified atom stereocenters. The molecule has 4 nitrogen and oxygen atoms in total. The van der Waals surface area contributed by atoms with Gasteiger partial charge in [-0.25, -0.2) is 0 Å². The van der Waals surface area contributed by atoms with Crippen molar-refractivity contribution in [2.75, 3.05) is 44.7 Å². The summed E-state index contributed by atoms with van der Waals surface area (Å²) in [4.78, 5) is 17.3. The van der Waals surface area contributed by atoms with E-state index in [1.165, 1.54) is 30.5 Å². The van der Waals surface area contributed by atoms with Crippen LogP contribution in [0.25, 0.3) is 0 Å². The molecule has 3 aliphatic rings. The van der Waals surface area contributed by atoms with Crippen molar-refractivity contribution in [1.82, 2.24) is 10.2 Å². The van der Waals surface area contributed by atoms with Gasteiger partial charge in [-0.2, -0.15) is 0 Å². The Hall–Kier alpha value is -1.55. The van der Waals surface area contributed by atoms with E-state index in [-0.39, 0.29) is 5.91 Å². The number of piperidine rings is 1. The van der Waals surface area contributed by atoms with Crippen LogP contribution in [0.1, 0.15) is 41.1 Å². The van der Waals surface area contributed by atoms with E-state index in [0.717, 1.165) is 38.3 Å². The summed E-state index contributed by atoms with van der Waals surface area (Å²) in [7, 11) is 2.18. The normalized spacial score (nSPS) is 28.8. The maximum absolute atomic E-state index is 12.5. The molecule has 2 saturated heterocycles. The summed E-state index contributed by atoms with van der Waals surface area (Å²) < 4.78 is 0. The molecule has 4 heteroatoms. The second kappa shape index (κ2) is 5.58. The number of nitrogens with one attached hydrogen (secondary N) is 1. The lowest BCUT2D eigenvalue weighted by molar-refractivity contribution is 0.0951. The fraction of sp³-hybridized carbons (Fsp3) is 0.611. The van der Waals surface area contributed by atoms with Crippen LogP contribution < -0.4 is 10.2 Å². The van der Waals surface area contributed by atoms with Gasteiger partial charge in [-0.3, -0.25) is 4.79 Å². The van der Waals surface area contributed by atoms with Crippen LogP contribution in [0, 0.1) is 5.92 Å². The summed E-state index contributed by atoms with van der Waals surface area (Å²) in [5.74, 6) is 1.16. The number of hydrogen-bond acceptors (Lipinski definition) is 3. The van der Waals surface area contributed by atoms with Crippen molar-refractivity contribution in [1.29, 1.82) is 0 Å². The Bertz CT molecular complexity index is 580. The number of nitrogens with zero attached hydrogens (tertiary/aromatic N) is 2.